The molecule has 1 atom stereocenters. The molecule has 0 saturated heterocycles. The molecular weight excluding hydrogens is 306 g/mol. The standard InChI is InChI=1S/C19H21NO4/c1-12-4-5-15(19(22)23)11-17(12)20-18(21)10-13(2)14-6-8-16(24-3)9-7-14/h4-9,11,13H,10H2,1-3H3,(H,20,21)(H,22,23). The smallest absolute Gasteiger partial charge is 0.335 e. The quantitative estimate of drug-likeness (QED) is 0.845. The Bertz CT molecular complexity index is 738. The van der Waals surface area contributed by atoms with E-state index in [0.29, 0.717) is 12.1 Å². The summed E-state index contributed by atoms with van der Waals surface area (Å²) in [7, 11) is 1.61. The number of anilines is 1. The lowest BCUT2D eigenvalue weighted by Gasteiger charge is -2.14. The minimum Gasteiger partial charge on any atom is -0.497 e. The maximum atomic E-state index is 12.3. The van der Waals surface area contributed by atoms with Crippen molar-refractivity contribution < 1.29 is 19.4 Å². The number of carbonyl (C=O) groups excluding carboxylic acids is 1. The maximum absolute atomic E-state index is 12.3. The SMILES string of the molecule is COc1ccc(C(C)CC(=O)Nc2cc(C(=O)O)ccc2C)cc1. The van der Waals surface area contributed by atoms with Crippen molar-refractivity contribution in [1.82, 2.24) is 0 Å². The number of aromatic carboxylic acids is 1. The molecule has 126 valence electrons. The number of nitrogens with one attached hydrogen (secondary N) is 1. The summed E-state index contributed by atoms with van der Waals surface area (Å²) in [4.78, 5) is 23.3. The van der Waals surface area contributed by atoms with Crippen LogP contribution >= 0.6 is 0 Å². The molecule has 2 aromatic carbocycles. The van der Waals surface area contributed by atoms with E-state index in [0.717, 1.165) is 16.9 Å². The van der Waals surface area contributed by atoms with E-state index in [1.54, 1.807) is 13.2 Å². The van der Waals surface area contributed by atoms with Crippen LogP contribution in [0.2, 0.25) is 0 Å². The number of ether oxygens (including phenoxy) is 1. The van der Waals surface area contributed by atoms with Gasteiger partial charge in [-0.2, -0.15) is 0 Å². The van der Waals surface area contributed by atoms with Crippen molar-refractivity contribution in [2.24, 2.45) is 0 Å². The van der Waals surface area contributed by atoms with Crippen LogP contribution < -0.4 is 10.1 Å². The number of benzene rings is 2. The molecular formula is C19H21NO4. The molecule has 2 N–H and O–H groups in total. The second-order valence-electron chi connectivity index (χ2n) is 5.76. The summed E-state index contributed by atoms with van der Waals surface area (Å²) in [6.45, 7) is 3.80. The Morgan fingerprint density at radius 1 is 1.17 bits per heavy atom. The van der Waals surface area contributed by atoms with Gasteiger partial charge in [0.25, 0.3) is 0 Å². The molecule has 0 fully saturated rings. The number of aryl methyl sites for hydroxylation is 1. The molecule has 0 aliphatic heterocycles. The molecule has 0 heterocycles. The average Bonchev–Trinajstić information content (AvgIpc) is 2.56. The third-order valence-corrected chi connectivity index (χ3v) is 3.94. The van der Waals surface area contributed by atoms with Crippen LogP contribution in [0.3, 0.4) is 0 Å². The van der Waals surface area contributed by atoms with Gasteiger partial charge in [-0.15, -0.1) is 0 Å². The van der Waals surface area contributed by atoms with E-state index in [9.17, 15) is 9.59 Å². The van der Waals surface area contributed by atoms with E-state index in [4.69, 9.17) is 9.84 Å². The summed E-state index contributed by atoms with van der Waals surface area (Å²) < 4.78 is 5.13. The fourth-order valence-corrected chi connectivity index (χ4v) is 2.42. The molecule has 0 aliphatic carbocycles. The van der Waals surface area contributed by atoms with Crippen molar-refractivity contribution in [3.05, 3.63) is 59.2 Å². The molecule has 5 heteroatoms. The number of hydrogen-bond acceptors (Lipinski definition) is 3. The van der Waals surface area contributed by atoms with Gasteiger partial charge in [-0.1, -0.05) is 25.1 Å². The first-order chi connectivity index (χ1) is 11.4. The van der Waals surface area contributed by atoms with Crippen molar-refractivity contribution in [3.8, 4) is 5.75 Å². The van der Waals surface area contributed by atoms with E-state index in [-0.39, 0.29) is 17.4 Å². The van der Waals surface area contributed by atoms with Crippen molar-refractivity contribution in [2.75, 3.05) is 12.4 Å². The van der Waals surface area contributed by atoms with Crippen LogP contribution in [0, 0.1) is 6.92 Å². The highest BCUT2D eigenvalue weighted by Crippen LogP contribution is 2.23. The molecule has 5 nitrogen and oxygen atoms in total. The molecule has 1 amide bonds. The summed E-state index contributed by atoms with van der Waals surface area (Å²) >= 11 is 0. The third-order valence-electron chi connectivity index (χ3n) is 3.94. The van der Waals surface area contributed by atoms with Crippen LogP contribution in [-0.4, -0.2) is 24.1 Å². The minimum absolute atomic E-state index is 0.0406. The van der Waals surface area contributed by atoms with Gasteiger partial charge < -0.3 is 15.2 Å². The van der Waals surface area contributed by atoms with Gasteiger partial charge in [-0.3, -0.25) is 4.79 Å². The Labute approximate surface area is 141 Å². The Hall–Kier alpha value is -2.82. The predicted molar refractivity (Wildman–Crippen MR) is 92.8 cm³/mol. The van der Waals surface area contributed by atoms with Gasteiger partial charge >= 0.3 is 5.97 Å². The van der Waals surface area contributed by atoms with Gasteiger partial charge in [0, 0.05) is 12.1 Å². The normalized spacial score (nSPS) is 11.6. The van der Waals surface area contributed by atoms with E-state index < -0.39 is 5.97 Å². The lowest BCUT2D eigenvalue weighted by atomic mass is 9.97. The van der Waals surface area contributed by atoms with Gasteiger partial charge in [0.15, 0.2) is 0 Å². The maximum Gasteiger partial charge on any atom is 0.335 e. The Morgan fingerprint density at radius 2 is 1.83 bits per heavy atom. The second kappa shape index (κ2) is 7.64. The zero-order valence-electron chi connectivity index (χ0n) is 14.0. The lowest BCUT2D eigenvalue weighted by Crippen LogP contribution is -2.15. The summed E-state index contributed by atoms with van der Waals surface area (Å²) in [6, 6.07) is 12.3. The molecule has 24 heavy (non-hydrogen) atoms. The van der Waals surface area contributed by atoms with Crippen molar-refractivity contribution >= 4 is 17.6 Å². The molecule has 0 bridgehead atoms. The van der Waals surface area contributed by atoms with Crippen LogP contribution in [0.4, 0.5) is 5.69 Å². The fourth-order valence-electron chi connectivity index (χ4n) is 2.42. The lowest BCUT2D eigenvalue weighted by molar-refractivity contribution is -0.116. The van der Waals surface area contributed by atoms with Crippen molar-refractivity contribution in [3.63, 3.8) is 0 Å². The van der Waals surface area contributed by atoms with E-state index in [1.807, 2.05) is 38.1 Å². The number of amides is 1. The van der Waals surface area contributed by atoms with Crippen molar-refractivity contribution in [2.45, 2.75) is 26.2 Å². The van der Waals surface area contributed by atoms with Gasteiger partial charge in [0.05, 0.1) is 12.7 Å². The highest BCUT2D eigenvalue weighted by atomic mass is 16.5. The molecule has 0 spiro atoms. The van der Waals surface area contributed by atoms with Gasteiger partial charge in [0.2, 0.25) is 5.91 Å². The summed E-state index contributed by atoms with van der Waals surface area (Å²) in [5.74, 6) is -0.351. The Morgan fingerprint density at radius 3 is 2.42 bits per heavy atom. The molecule has 2 aromatic rings. The minimum atomic E-state index is -1.02. The molecule has 1 unspecified atom stereocenters. The number of carboxylic acids is 1. The molecule has 0 radical (unpaired) electrons. The zero-order chi connectivity index (χ0) is 17.7. The number of rotatable bonds is 6. The predicted octanol–water partition coefficient (Wildman–Crippen LogP) is 3.83. The molecule has 0 aliphatic rings. The van der Waals surface area contributed by atoms with Crippen LogP contribution in [-0.2, 0) is 4.79 Å². The summed E-state index contributed by atoms with van der Waals surface area (Å²) in [5, 5.41) is 11.8. The molecule has 0 aromatic heterocycles. The highest BCUT2D eigenvalue weighted by molar-refractivity contribution is 5.95. The summed E-state index contributed by atoms with van der Waals surface area (Å²) in [6.07, 6.45) is 0.309. The van der Waals surface area contributed by atoms with Gasteiger partial charge in [-0.05, 0) is 48.2 Å². The second-order valence-corrected chi connectivity index (χ2v) is 5.76. The largest absolute Gasteiger partial charge is 0.497 e. The highest BCUT2D eigenvalue weighted by Gasteiger charge is 2.13. The molecule has 0 saturated carbocycles. The average molecular weight is 327 g/mol. The summed E-state index contributed by atoms with van der Waals surface area (Å²) in [5.41, 5.74) is 2.55. The number of carbonyl (C=O) groups is 2. The fraction of sp³-hybridized carbons (Fsp3) is 0.263. The number of hydrogen-bond donors (Lipinski definition) is 2. The number of methoxy groups -OCH3 is 1. The van der Waals surface area contributed by atoms with E-state index >= 15 is 0 Å². The monoisotopic (exact) mass is 327 g/mol. The van der Waals surface area contributed by atoms with Gasteiger partial charge in [0.1, 0.15) is 5.75 Å². The van der Waals surface area contributed by atoms with Crippen LogP contribution in [0.15, 0.2) is 42.5 Å². The van der Waals surface area contributed by atoms with E-state index in [1.165, 1.54) is 12.1 Å². The Balaban J connectivity index is 2.04. The number of carboxylic acid groups (broad SMARTS) is 1. The van der Waals surface area contributed by atoms with Crippen LogP contribution in [0.1, 0.15) is 40.7 Å². The first-order valence-electron chi connectivity index (χ1n) is 7.68. The molecule has 2 rings (SSSR count). The topological polar surface area (TPSA) is 75.6 Å². The Kier molecular flexibility index (Phi) is 5.58. The first-order valence-corrected chi connectivity index (χ1v) is 7.68. The zero-order valence-corrected chi connectivity index (χ0v) is 14.0. The van der Waals surface area contributed by atoms with Crippen LogP contribution in [0.5, 0.6) is 5.75 Å². The van der Waals surface area contributed by atoms with Gasteiger partial charge in [-0.25, -0.2) is 4.79 Å². The van der Waals surface area contributed by atoms with Crippen LogP contribution in [0.25, 0.3) is 0 Å². The van der Waals surface area contributed by atoms with Crippen molar-refractivity contribution in [1.29, 1.82) is 0 Å². The third kappa shape index (κ3) is 4.35. The van der Waals surface area contributed by atoms with E-state index in [2.05, 4.69) is 5.32 Å². The first kappa shape index (κ1) is 17.5.